The van der Waals surface area contributed by atoms with Gasteiger partial charge in [0.05, 0.1) is 0 Å². The maximum Gasteiger partial charge on any atom is 4.00 e. The van der Waals surface area contributed by atoms with E-state index in [-0.39, 0.29) is 36.6 Å². The van der Waals surface area contributed by atoms with Crippen molar-refractivity contribution in [3.8, 4) is 0 Å². The van der Waals surface area contributed by atoms with Gasteiger partial charge in [0.1, 0.15) is 0 Å². The fraction of sp³-hybridized carbons (Fsp3) is 0.938. The Kier molecular flexibility index (Phi) is 16.9. The zero-order valence-corrected chi connectivity index (χ0v) is 27.0. The van der Waals surface area contributed by atoms with E-state index in [1.54, 1.807) is 0 Å². The van der Waals surface area contributed by atoms with Gasteiger partial charge < -0.3 is 25.5 Å². The van der Waals surface area contributed by atoms with Crippen LogP contribution in [0.1, 0.15) is 120 Å². The summed E-state index contributed by atoms with van der Waals surface area (Å²) in [6.45, 7) is 19.6. The number of hydrogen-bond acceptors (Lipinski definition) is 0. The van der Waals surface area contributed by atoms with Crippen molar-refractivity contribution in [2.75, 3.05) is 0 Å². The van der Waals surface area contributed by atoms with Crippen molar-refractivity contribution in [1.82, 2.24) is 0 Å². The Labute approximate surface area is 237 Å². The van der Waals surface area contributed by atoms with Crippen molar-refractivity contribution < 1.29 is 21.7 Å². The minimum atomic E-state index is 0. The Morgan fingerprint density at radius 3 is 0.914 bits per heavy atom. The van der Waals surface area contributed by atoms with Crippen molar-refractivity contribution >= 4 is 0 Å². The summed E-state index contributed by atoms with van der Waals surface area (Å²) in [5.74, 6) is 6.11. The van der Waals surface area contributed by atoms with Crippen molar-refractivity contribution in [3.05, 3.63) is 25.5 Å². The molecule has 0 N–H and O–H groups in total. The van der Waals surface area contributed by atoms with Gasteiger partial charge in [-0.15, -0.1) is 12.1 Å². The van der Waals surface area contributed by atoms with Crippen molar-refractivity contribution in [2.24, 2.45) is 47.3 Å². The van der Waals surface area contributed by atoms with Gasteiger partial charge in [-0.1, -0.05) is 143 Å². The van der Waals surface area contributed by atoms with Gasteiger partial charge in [0.15, 0.2) is 0 Å². The number of hydrogen-bond donors (Lipinski definition) is 0. The second-order valence-corrected chi connectivity index (χ2v) is 13.2. The standard InChI is InChI=1S/C30H56N2.2CH3.Ti/c1-19(2)23-13-11-14-24(20(3)4)29(23)31-27-17-9-10-18-28(27)32-30-25(21(5)6)15-12-16-26(30)22(7)8;;;/h19-30H,9-18H2,1-8H3;2*1H3;/q-2;2*-1;+4. The Bertz CT molecular complexity index is 466. The molecule has 3 saturated carbocycles. The van der Waals surface area contributed by atoms with Crippen LogP contribution in [0.25, 0.3) is 10.6 Å². The average Bonchev–Trinajstić information content (AvgIpc) is 2.74. The van der Waals surface area contributed by atoms with Crippen LogP contribution in [0.15, 0.2) is 0 Å². The van der Waals surface area contributed by atoms with E-state index in [0.717, 1.165) is 47.3 Å². The van der Waals surface area contributed by atoms with E-state index in [9.17, 15) is 0 Å². The molecule has 0 heterocycles. The molecular formula is C32H62N2Ti. The summed E-state index contributed by atoms with van der Waals surface area (Å²) < 4.78 is 0. The zero-order chi connectivity index (χ0) is 23.4. The van der Waals surface area contributed by atoms with Crippen LogP contribution in [-0.2, 0) is 21.7 Å². The predicted molar refractivity (Wildman–Crippen MR) is 154 cm³/mol. The van der Waals surface area contributed by atoms with Gasteiger partial charge in [0, 0.05) is 0 Å². The molecule has 0 radical (unpaired) electrons. The minimum absolute atomic E-state index is 0. The third-order valence-corrected chi connectivity index (χ3v) is 9.75. The van der Waals surface area contributed by atoms with Crippen LogP contribution in [0.2, 0.25) is 0 Å². The molecule has 3 rings (SSSR count). The molecule has 204 valence electrons. The quantitative estimate of drug-likeness (QED) is 0.224. The largest absolute Gasteiger partial charge is 4.00 e. The normalized spacial score (nSPS) is 36.0. The Morgan fingerprint density at radius 1 is 0.429 bits per heavy atom. The summed E-state index contributed by atoms with van der Waals surface area (Å²) in [4.78, 5) is 0. The fourth-order valence-corrected chi connectivity index (χ4v) is 7.73. The van der Waals surface area contributed by atoms with Crippen LogP contribution >= 0.6 is 0 Å². The molecule has 35 heavy (non-hydrogen) atoms. The summed E-state index contributed by atoms with van der Waals surface area (Å²) in [7, 11) is 0. The first-order valence-corrected chi connectivity index (χ1v) is 14.6. The van der Waals surface area contributed by atoms with E-state index in [1.807, 2.05) is 0 Å². The molecule has 6 atom stereocenters. The molecule has 0 saturated heterocycles. The Balaban J connectivity index is 0.00000385. The second kappa shape index (κ2) is 16.6. The van der Waals surface area contributed by atoms with Crippen LogP contribution in [0.4, 0.5) is 0 Å². The molecule has 0 spiro atoms. The van der Waals surface area contributed by atoms with E-state index >= 15 is 0 Å². The van der Waals surface area contributed by atoms with Crippen molar-refractivity contribution in [2.45, 2.75) is 144 Å². The van der Waals surface area contributed by atoms with Crippen LogP contribution < -0.4 is 0 Å². The Morgan fingerprint density at radius 2 is 0.686 bits per heavy atom. The summed E-state index contributed by atoms with van der Waals surface area (Å²) in [6, 6.07) is 2.10. The molecule has 0 aromatic carbocycles. The first-order valence-electron chi connectivity index (χ1n) is 14.6. The van der Waals surface area contributed by atoms with Crippen molar-refractivity contribution in [1.29, 1.82) is 0 Å². The maximum absolute atomic E-state index is 5.79. The van der Waals surface area contributed by atoms with Gasteiger partial charge in [-0.25, -0.2) is 0 Å². The SMILES string of the molecule is CC(C)C1CCCC(C(C)C)C1[N-]C1CCCCC1[N-]C1C(C(C)C)CCCC1C(C)C.[CH3-].[CH3-].[Ti+4]. The monoisotopic (exact) mass is 522 g/mol. The first kappa shape index (κ1) is 35.6. The van der Waals surface area contributed by atoms with Crippen LogP contribution in [0.3, 0.4) is 0 Å². The summed E-state index contributed by atoms with van der Waals surface area (Å²) in [6.07, 6.45) is 13.6. The Hall–Kier alpha value is 0.634. The van der Waals surface area contributed by atoms with Gasteiger partial charge in [-0.05, 0) is 23.7 Å². The zero-order valence-electron chi connectivity index (χ0n) is 25.4. The van der Waals surface area contributed by atoms with Gasteiger partial charge in [0.2, 0.25) is 0 Å². The van der Waals surface area contributed by atoms with Crippen molar-refractivity contribution in [3.63, 3.8) is 0 Å². The van der Waals surface area contributed by atoms with Crippen LogP contribution in [0, 0.1) is 62.2 Å². The summed E-state index contributed by atoms with van der Waals surface area (Å²) in [5.41, 5.74) is 0. The molecule has 0 aromatic heterocycles. The molecule has 0 amide bonds. The van der Waals surface area contributed by atoms with Gasteiger partial charge >= 0.3 is 21.7 Å². The van der Waals surface area contributed by atoms with E-state index in [0.29, 0.717) is 24.2 Å². The molecule has 0 bridgehead atoms. The molecule has 0 aliphatic heterocycles. The first-order chi connectivity index (χ1) is 15.2. The second-order valence-electron chi connectivity index (χ2n) is 13.2. The van der Waals surface area contributed by atoms with E-state index in [2.05, 4.69) is 55.4 Å². The number of rotatable bonds is 8. The number of nitrogens with zero attached hydrogens (tertiary/aromatic N) is 2. The molecular weight excluding hydrogens is 460 g/mol. The van der Waals surface area contributed by atoms with E-state index in [1.165, 1.54) is 64.2 Å². The molecule has 3 heteroatoms. The summed E-state index contributed by atoms with van der Waals surface area (Å²) >= 11 is 0. The smallest absolute Gasteiger partial charge is 0.657 e. The molecule has 2 nitrogen and oxygen atoms in total. The third kappa shape index (κ3) is 9.11. The summed E-state index contributed by atoms with van der Waals surface area (Å²) in [5, 5.41) is 11.6. The predicted octanol–water partition coefficient (Wildman–Crippen LogP) is 10.1. The van der Waals surface area contributed by atoms with Gasteiger partial charge in [-0.2, -0.15) is 12.1 Å². The van der Waals surface area contributed by atoms with Gasteiger partial charge in [0.25, 0.3) is 0 Å². The van der Waals surface area contributed by atoms with Crippen LogP contribution in [-0.4, -0.2) is 24.2 Å². The third-order valence-electron chi connectivity index (χ3n) is 9.75. The van der Waals surface area contributed by atoms with Gasteiger partial charge in [-0.3, -0.25) is 0 Å². The molecule has 0 aromatic rings. The van der Waals surface area contributed by atoms with E-state index < -0.39 is 0 Å². The fourth-order valence-electron chi connectivity index (χ4n) is 7.73. The minimum Gasteiger partial charge on any atom is -0.657 e. The van der Waals surface area contributed by atoms with E-state index in [4.69, 9.17) is 10.6 Å². The molecule has 6 unspecified atom stereocenters. The average molecular weight is 523 g/mol. The van der Waals surface area contributed by atoms with Crippen LogP contribution in [0.5, 0.6) is 0 Å². The topological polar surface area (TPSA) is 28.2 Å². The molecule has 3 fully saturated rings. The maximum atomic E-state index is 5.79. The molecule has 3 aliphatic rings. The molecule has 3 aliphatic carbocycles.